The Morgan fingerprint density at radius 1 is 1.17 bits per heavy atom. The Morgan fingerprint density at radius 2 is 1.96 bits per heavy atom. The lowest BCUT2D eigenvalue weighted by molar-refractivity contribution is -0.137. The van der Waals surface area contributed by atoms with E-state index >= 15 is 0 Å². The Kier molecular flexibility index (Phi) is 3.84. The first kappa shape index (κ1) is 15.8. The van der Waals surface area contributed by atoms with Crippen LogP contribution in [0, 0.1) is 0 Å². The summed E-state index contributed by atoms with van der Waals surface area (Å²) >= 11 is 0. The van der Waals surface area contributed by atoms with Gasteiger partial charge in [-0.2, -0.15) is 18.3 Å². The number of ether oxygens (including phenoxy) is 1. The van der Waals surface area contributed by atoms with Crippen molar-refractivity contribution in [2.45, 2.75) is 6.18 Å². The summed E-state index contributed by atoms with van der Waals surface area (Å²) in [5, 5.41) is 16.4. The molecule has 1 aromatic carbocycles. The summed E-state index contributed by atoms with van der Waals surface area (Å²) in [5.74, 6) is -0.129. The smallest absolute Gasteiger partial charge is 0.418 e. The monoisotopic (exact) mass is 336 g/mol. The van der Waals surface area contributed by atoms with Crippen LogP contribution in [0.15, 0.2) is 36.5 Å². The number of phenols is 1. The average molecular weight is 336 g/mol. The summed E-state index contributed by atoms with van der Waals surface area (Å²) in [4.78, 5) is 7.75. The number of benzene rings is 1. The third kappa shape index (κ3) is 2.75. The number of hydrogen-bond acceptors (Lipinski definition) is 5. The number of nitrogens with zero attached hydrogens (tertiary/aromatic N) is 3. The van der Waals surface area contributed by atoms with Crippen LogP contribution >= 0.6 is 0 Å². The fourth-order valence-corrected chi connectivity index (χ4v) is 2.18. The molecule has 124 valence electrons. The van der Waals surface area contributed by atoms with Crippen LogP contribution in [-0.4, -0.2) is 32.4 Å². The van der Waals surface area contributed by atoms with Gasteiger partial charge in [0, 0.05) is 6.20 Å². The summed E-state index contributed by atoms with van der Waals surface area (Å²) in [6, 6.07) is 6.76. The summed E-state index contributed by atoms with van der Waals surface area (Å²) < 4.78 is 44.2. The number of nitrogens with one attached hydrogen (secondary N) is 1. The van der Waals surface area contributed by atoms with Gasteiger partial charge in [-0.3, -0.25) is 10.1 Å². The number of phenolic OH excluding ortho intramolecular Hbond substituents is 1. The van der Waals surface area contributed by atoms with Gasteiger partial charge in [0.25, 0.3) is 0 Å². The number of para-hydroxylation sites is 1. The van der Waals surface area contributed by atoms with Crippen molar-refractivity contribution < 1.29 is 23.0 Å². The van der Waals surface area contributed by atoms with E-state index in [9.17, 15) is 18.3 Å². The summed E-state index contributed by atoms with van der Waals surface area (Å²) in [5.41, 5.74) is -1.07. The minimum Gasteiger partial charge on any atom is -0.504 e. The molecule has 0 bridgehead atoms. The molecule has 3 rings (SSSR count). The molecular formula is C15H11F3N4O2. The predicted octanol–water partition coefficient (Wildman–Crippen LogP) is 3.27. The first-order valence-electron chi connectivity index (χ1n) is 6.73. The zero-order chi connectivity index (χ0) is 17.3. The number of alkyl halides is 3. The topological polar surface area (TPSA) is 83.9 Å². The maximum absolute atomic E-state index is 13.1. The van der Waals surface area contributed by atoms with Crippen molar-refractivity contribution in [1.29, 1.82) is 0 Å². The number of pyridine rings is 1. The van der Waals surface area contributed by atoms with Crippen molar-refractivity contribution in [3.05, 3.63) is 42.1 Å². The second-order valence-electron chi connectivity index (χ2n) is 4.76. The molecule has 9 heteroatoms. The zero-order valence-electron chi connectivity index (χ0n) is 12.3. The highest BCUT2D eigenvalue weighted by Gasteiger charge is 2.35. The molecule has 0 radical (unpaired) electrons. The Bertz CT molecular complexity index is 877. The second-order valence-corrected chi connectivity index (χ2v) is 4.76. The Hall–Kier alpha value is -3.10. The van der Waals surface area contributed by atoms with Crippen molar-refractivity contribution in [2.24, 2.45) is 0 Å². The van der Waals surface area contributed by atoms with E-state index in [1.165, 1.54) is 31.5 Å². The molecule has 24 heavy (non-hydrogen) atoms. The Labute approximate surface area is 134 Å². The third-order valence-electron chi connectivity index (χ3n) is 3.28. The molecular weight excluding hydrogens is 325 g/mol. The fourth-order valence-electron chi connectivity index (χ4n) is 2.18. The van der Waals surface area contributed by atoms with Crippen molar-refractivity contribution in [2.75, 3.05) is 7.11 Å². The van der Waals surface area contributed by atoms with E-state index in [1.54, 1.807) is 6.07 Å². The number of aromatic hydroxyl groups is 1. The maximum Gasteiger partial charge on any atom is 0.418 e. The first-order chi connectivity index (χ1) is 11.4. The minimum absolute atomic E-state index is 0.0279. The normalized spacial score (nSPS) is 11.5. The van der Waals surface area contributed by atoms with Crippen LogP contribution < -0.4 is 4.74 Å². The molecule has 0 aliphatic rings. The molecule has 6 nitrogen and oxygen atoms in total. The number of aromatic amines is 1. The lowest BCUT2D eigenvalue weighted by Gasteiger charge is -2.09. The van der Waals surface area contributed by atoms with Crippen molar-refractivity contribution >= 4 is 0 Å². The van der Waals surface area contributed by atoms with Gasteiger partial charge in [0.15, 0.2) is 23.1 Å². The summed E-state index contributed by atoms with van der Waals surface area (Å²) in [7, 11) is 1.38. The van der Waals surface area contributed by atoms with Gasteiger partial charge in [0.2, 0.25) is 0 Å². The Balaban J connectivity index is 2.08. The molecule has 2 aromatic heterocycles. The van der Waals surface area contributed by atoms with E-state index in [-0.39, 0.29) is 34.4 Å². The van der Waals surface area contributed by atoms with Crippen LogP contribution in [0.3, 0.4) is 0 Å². The SMILES string of the molecule is COc1cccc(-c2n[nH]c(-c3ncccc3C(F)(F)F)n2)c1O. The number of aromatic nitrogens is 4. The molecule has 0 saturated heterocycles. The number of H-pyrrole nitrogens is 1. The van der Waals surface area contributed by atoms with Crippen LogP contribution in [0.2, 0.25) is 0 Å². The van der Waals surface area contributed by atoms with Crippen molar-refractivity contribution in [1.82, 2.24) is 20.2 Å². The van der Waals surface area contributed by atoms with Gasteiger partial charge < -0.3 is 9.84 Å². The van der Waals surface area contributed by atoms with Gasteiger partial charge in [-0.25, -0.2) is 4.98 Å². The molecule has 0 saturated carbocycles. The molecule has 3 aromatic rings. The minimum atomic E-state index is -4.57. The molecule has 0 aliphatic carbocycles. The molecule has 0 aliphatic heterocycles. The highest BCUT2D eigenvalue weighted by Crippen LogP contribution is 2.37. The van der Waals surface area contributed by atoms with E-state index in [0.717, 1.165) is 6.07 Å². The highest BCUT2D eigenvalue weighted by molar-refractivity contribution is 5.69. The van der Waals surface area contributed by atoms with Crippen LogP contribution in [0.4, 0.5) is 13.2 Å². The number of hydrogen-bond donors (Lipinski definition) is 2. The van der Waals surface area contributed by atoms with E-state index in [4.69, 9.17) is 4.74 Å². The van der Waals surface area contributed by atoms with Gasteiger partial charge in [-0.05, 0) is 24.3 Å². The summed E-state index contributed by atoms with van der Waals surface area (Å²) in [6.07, 6.45) is -3.34. The highest BCUT2D eigenvalue weighted by atomic mass is 19.4. The zero-order valence-corrected chi connectivity index (χ0v) is 12.3. The molecule has 2 heterocycles. The standard InChI is InChI=1S/C15H11F3N4O2/c1-24-10-6-2-4-8(12(10)23)13-20-14(22-21-13)11-9(15(16,17)18)5-3-7-19-11/h2-7,23H,1H3,(H,20,21,22). The first-order valence-corrected chi connectivity index (χ1v) is 6.73. The Morgan fingerprint density at radius 3 is 2.67 bits per heavy atom. The lowest BCUT2D eigenvalue weighted by atomic mass is 10.1. The van der Waals surface area contributed by atoms with Gasteiger partial charge >= 0.3 is 6.18 Å². The molecule has 0 fully saturated rings. The van der Waals surface area contributed by atoms with Gasteiger partial charge in [-0.1, -0.05) is 6.07 Å². The van der Waals surface area contributed by atoms with E-state index in [0.29, 0.717) is 0 Å². The number of methoxy groups -OCH3 is 1. The predicted molar refractivity (Wildman–Crippen MR) is 78.3 cm³/mol. The van der Waals surface area contributed by atoms with Crippen LogP contribution in [0.1, 0.15) is 5.56 Å². The lowest BCUT2D eigenvalue weighted by Crippen LogP contribution is -2.08. The van der Waals surface area contributed by atoms with E-state index in [1.807, 2.05) is 0 Å². The number of halogens is 3. The maximum atomic E-state index is 13.1. The van der Waals surface area contributed by atoms with Crippen LogP contribution in [0.5, 0.6) is 11.5 Å². The van der Waals surface area contributed by atoms with Crippen LogP contribution in [0.25, 0.3) is 22.9 Å². The fraction of sp³-hybridized carbons (Fsp3) is 0.133. The summed E-state index contributed by atoms with van der Waals surface area (Å²) in [6.45, 7) is 0. The number of rotatable bonds is 3. The second kappa shape index (κ2) is 5.84. The largest absolute Gasteiger partial charge is 0.504 e. The van der Waals surface area contributed by atoms with Gasteiger partial charge in [-0.15, -0.1) is 0 Å². The quantitative estimate of drug-likeness (QED) is 0.767. The molecule has 0 unspecified atom stereocenters. The molecule has 2 N–H and O–H groups in total. The van der Waals surface area contributed by atoms with Crippen molar-refractivity contribution in [3.63, 3.8) is 0 Å². The van der Waals surface area contributed by atoms with Crippen molar-refractivity contribution in [3.8, 4) is 34.4 Å². The van der Waals surface area contributed by atoms with E-state index < -0.39 is 11.7 Å². The van der Waals surface area contributed by atoms with E-state index in [2.05, 4.69) is 20.2 Å². The van der Waals surface area contributed by atoms with Crippen LogP contribution in [-0.2, 0) is 6.18 Å². The molecule has 0 amide bonds. The molecule has 0 spiro atoms. The molecule has 0 atom stereocenters. The van der Waals surface area contributed by atoms with Gasteiger partial charge in [0.05, 0.1) is 18.2 Å². The average Bonchev–Trinajstić information content (AvgIpc) is 3.04. The van der Waals surface area contributed by atoms with Gasteiger partial charge in [0.1, 0.15) is 5.69 Å². The third-order valence-corrected chi connectivity index (χ3v) is 3.28.